The van der Waals surface area contributed by atoms with E-state index in [1.165, 1.54) is 4.31 Å². The van der Waals surface area contributed by atoms with E-state index in [-0.39, 0.29) is 0 Å². The summed E-state index contributed by atoms with van der Waals surface area (Å²) in [7, 11) is -3.38. The van der Waals surface area contributed by atoms with Crippen molar-refractivity contribution in [2.45, 2.75) is 18.7 Å². The minimum Gasteiger partial charge on any atom is -0.207 e. The molecular weight excluding hydrogens is 358 g/mol. The molecule has 0 atom stereocenters. The van der Waals surface area contributed by atoms with Crippen molar-refractivity contribution in [2.75, 3.05) is 13.1 Å². The van der Waals surface area contributed by atoms with Crippen molar-refractivity contribution in [2.24, 2.45) is 0 Å². The van der Waals surface area contributed by atoms with Crippen LogP contribution in [0.3, 0.4) is 0 Å². The van der Waals surface area contributed by atoms with Gasteiger partial charge in [0, 0.05) is 22.0 Å². The van der Waals surface area contributed by atoms with Gasteiger partial charge in [0.1, 0.15) is 0 Å². The number of rotatable bonds is 4. The molecule has 0 heterocycles. The maximum atomic E-state index is 12.2. The molecule has 0 amide bonds. The lowest BCUT2D eigenvalue weighted by molar-refractivity contribution is 0.445. The highest BCUT2D eigenvalue weighted by Gasteiger charge is 2.23. The molecule has 0 aromatic heterocycles. The third-order valence-corrected chi connectivity index (χ3v) is 5.74. The third kappa shape index (κ3) is 2.85. The molecule has 3 nitrogen and oxygen atoms in total. The number of hydrogen-bond donors (Lipinski definition) is 0. The van der Waals surface area contributed by atoms with Crippen molar-refractivity contribution in [1.82, 2.24) is 4.31 Å². The maximum absolute atomic E-state index is 12.2. The maximum Gasteiger partial charge on any atom is 0.244 e. The Kier molecular flexibility index (Phi) is 4.97. The summed E-state index contributed by atoms with van der Waals surface area (Å²) >= 11 is 6.57. The molecule has 0 fully saturated rings. The lowest BCUT2D eigenvalue weighted by atomic mass is 10.4. The molecule has 0 unspecified atom stereocenters. The summed E-state index contributed by atoms with van der Waals surface area (Å²) in [5.41, 5.74) is 0. The summed E-state index contributed by atoms with van der Waals surface area (Å²) in [4.78, 5) is 0.305. The Morgan fingerprint density at radius 2 is 1.75 bits per heavy atom. The molecule has 90 valence electrons. The van der Waals surface area contributed by atoms with Crippen LogP contribution < -0.4 is 0 Å². The van der Waals surface area contributed by atoms with Crippen molar-refractivity contribution in [1.29, 1.82) is 0 Å². The standard InChI is InChI=1S/C10H13Br2NO2S/c1-3-13(4-2)16(14,15)10-6-5-8(11)7-9(10)12/h5-7H,3-4H2,1-2H3. The van der Waals surface area contributed by atoms with Gasteiger partial charge >= 0.3 is 0 Å². The van der Waals surface area contributed by atoms with Crippen molar-refractivity contribution in [3.8, 4) is 0 Å². The van der Waals surface area contributed by atoms with Gasteiger partial charge in [-0.1, -0.05) is 29.8 Å². The molecule has 1 aromatic rings. The summed E-state index contributed by atoms with van der Waals surface area (Å²) < 4.78 is 27.3. The average Bonchev–Trinajstić information content (AvgIpc) is 2.18. The highest BCUT2D eigenvalue weighted by Crippen LogP contribution is 2.27. The molecule has 0 aliphatic rings. The summed E-state index contributed by atoms with van der Waals surface area (Å²) in [6.07, 6.45) is 0. The fraction of sp³-hybridized carbons (Fsp3) is 0.400. The van der Waals surface area contributed by atoms with Crippen LogP contribution in [0, 0.1) is 0 Å². The van der Waals surface area contributed by atoms with Crippen LogP contribution >= 0.6 is 31.9 Å². The number of halogens is 2. The Balaban J connectivity index is 3.27. The van der Waals surface area contributed by atoms with Crippen molar-refractivity contribution in [3.05, 3.63) is 27.1 Å². The van der Waals surface area contributed by atoms with Crippen LogP contribution in [0.15, 0.2) is 32.0 Å². The van der Waals surface area contributed by atoms with E-state index in [0.717, 1.165) is 4.47 Å². The lowest BCUT2D eigenvalue weighted by Crippen LogP contribution is -2.30. The second-order valence-electron chi connectivity index (χ2n) is 3.16. The fourth-order valence-corrected chi connectivity index (χ4v) is 4.55. The SMILES string of the molecule is CCN(CC)S(=O)(=O)c1ccc(Br)cc1Br. The second kappa shape index (κ2) is 5.62. The summed E-state index contributed by atoms with van der Waals surface area (Å²) in [5.74, 6) is 0. The predicted molar refractivity (Wildman–Crippen MR) is 71.9 cm³/mol. The normalized spacial score (nSPS) is 12.1. The zero-order valence-corrected chi connectivity index (χ0v) is 13.1. The van der Waals surface area contributed by atoms with Crippen molar-refractivity contribution < 1.29 is 8.42 Å². The highest BCUT2D eigenvalue weighted by atomic mass is 79.9. The molecule has 1 rings (SSSR count). The minimum absolute atomic E-state index is 0.305. The Morgan fingerprint density at radius 3 is 2.19 bits per heavy atom. The molecule has 0 aliphatic carbocycles. The van der Waals surface area contributed by atoms with E-state index in [4.69, 9.17) is 0 Å². The number of nitrogens with zero attached hydrogens (tertiary/aromatic N) is 1. The van der Waals surface area contributed by atoms with Gasteiger partial charge in [-0.15, -0.1) is 0 Å². The average molecular weight is 371 g/mol. The first-order valence-corrected chi connectivity index (χ1v) is 7.91. The molecule has 16 heavy (non-hydrogen) atoms. The van der Waals surface area contributed by atoms with E-state index >= 15 is 0 Å². The van der Waals surface area contributed by atoms with Crippen LogP contribution in [0.5, 0.6) is 0 Å². The molecule has 0 radical (unpaired) electrons. The van der Waals surface area contributed by atoms with Crippen LogP contribution in [0.2, 0.25) is 0 Å². The molecular formula is C10H13Br2NO2S. The first-order chi connectivity index (χ1) is 7.43. The Labute approximate surface area is 113 Å². The van der Waals surface area contributed by atoms with Gasteiger partial charge in [-0.05, 0) is 34.1 Å². The van der Waals surface area contributed by atoms with Crippen molar-refractivity contribution >= 4 is 41.9 Å². The molecule has 0 saturated heterocycles. The van der Waals surface area contributed by atoms with E-state index in [2.05, 4.69) is 31.9 Å². The first-order valence-electron chi connectivity index (χ1n) is 4.88. The van der Waals surface area contributed by atoms with Crippen LogP contribution in [-0.2, 0) is 10.0 Å². The van der Waals surface area contributed by atoms with E-state index < -0.39 is 10.0 Å². The second-order valence-corrected chi connectivity index (χ2v) is 6.84. The summed E-state index contributed by atoms with van der Waals surface area (Å²) in [6, 6.07) is 5.05. The van der Waals surface area contributed by atoms with Gasteiger partial charge in [0.15, 0.2) is 0 Å². The fourth-order valence-electron chi connectivity index (χ4n) is 1.39. The lowest BCUT2D eigenvalue weighted by Gasteiger charge is -2.19. The molecule has 0 saturated carbocycles. The zero-order valence-electron chi connectivity index (χ0n) is 9.07. The van der Waals surface area contributed by atoms with Crippen LogP contribution in [-0.4, -0.2) is 25.8 Å². The molecule has 0 spiro atoms. The molecule has 0 bridgehead atoms. The van der Waals surface area contributed by atoms with Gasteiger partial charge < -0.3 is 0 Å². The van der Waals surface area contributed by atoms with Gasteiger partial charge in [-0.25, -0.2) is 8.42 Å². The van der Waals surface area contributed by atoms with E-state index in [1.54, 1.807) is 18.2 Å². The summed E-state index contributed by atoms with van der Waals surface area (Å²) in [6.45, 7) is 4.60. The first kappa shape index (κ1) is 14.2. The largest absolute Gasteiger partial charge is 0.244 e. The summed E-state index contributed by atoms with van der Waals surface area (Å²) in [5, 5.41) is 0. The molecule has 0 aliphatic heterocycles. The Bertz CT molecular complexity index is 470. The van der Waals surface area contributed by atoms with Gasteiger partial charge in [-0.2, -0.15) is 4.31 Å². The Morgan fingerprint density at radius 1 is 1.19 bits per heavy atom. The van der Waals surface area contributed by atoms with Crippen LogP contribution in [0.25, 0.3) is 0 Å². The van der Waals surface area contributed by atoms with Gasteiger partial charge in [-0.3, -0.25) is 0 Å². The van der Waals surface area contributed by atoms with Gasteiger partial charge in [0.25, 0.3) is 0 Å². The van der Waals surface area contributed by atoms with E-state index in [1.807, 2.05) is 13.8 Å². The van der Waals surface area contributed by atoms with Crippen LogP contribution in [0.4, 0.5) is 0 Å². The van der Waals surface area contributed by atoms with E-state index in [9.17, 15) is 8.42 Å². The third-order valence-electron chi connectivity index (χ3n) is 2.22. The number of sulfonamides is 1. The Hall–Kier alpha value is 0.0900. The molecule has 1 aromatic carbocycles. The van der Waals surface area contributed by atoms with E-state index in [0.29, 0.717) is 22.5 Å². The van der Waals surface area contributed by atoms with Gasteiger partial charge in [0.05, 0.1) is 4.90 Å². The number of hydrogen-bond acceptors (Lipinski definition) is 2. The number of benzene rings is 1. The highest BCUT2D eigenvalue weighted by molar-refractivity contribution is 9.11. The predicted octanol–water partition coefficient (Wildman–Crippen LogP) is 3.24. The molecule has 6 heteroatoms. The van der Waals surface area contributed by atoms with Crippen molar-refractivity contribution in [3.63, 3.8) is 0 Å². The van der Waals surface area contributed by atoms with Crippen LogP contribution in [0.1, 0.15) is 13.8 Å². The zero-order chi connectivity index (χ0) is 12.3. The van der Waals surface area contributed by atoms with Gasteiger partial charge in [0.2, 0.25) is 10.0 Å². The smallest absolute Gasteiger partial charge is 0.207 e. The topological polar surface area (TPSA) is 37.4 Å². The monoisotopic (exact) mass is 369 g/mol. The molecule has 0 N–H and O–H groups in total. The minimum atomic E-state index is -3.38. The quantitative estimate of drug-likeness (QED) is 0.815.